The van der Waals surface area contributed by atoms with Gasteiger partial charge in [-0.25, -0.2) is 34.9 Å². The van der Waals surface area contributed by atoms with Crippen LogP contribution < -0.4 is 0 Å². The summed E-state index contributed by atoms with van der Waals surface area (Å²) in [6.45, 7) is 70.0. The Hall–Kier alpha value is -13.1. The van der Waals surface area contributed by atoms with Crippen LogP contribution in [0.5, 0.6) is 0 Å². The van der Waals surface area contributed by atoms with E-state index in [1.165, 1.54) is 64.3 Å². The van der Waals surface area contributed by atoms with Crippen LogP contribution in [0.3, 0.4) is 0 Å². The smallest absolute Gasteiger partial charge is 0.199 e. The molecule has 0 N–H and O–H groups in total. The van der Waals surface area contributed by atoms with Crippen molar-refractivity contribution in [2.45, 2.75) is 242 Å². The molecule has 0 unspecified atom stereocenters. The van der Waals surface area contributed by atoms with Gasteiger partial charge in [-0.1, -0.05) is 242 Å². The summed E-state index contributed by atoms with van der Waals surface area (Å²) in [7, 11) is 1.98. The van der Waals surface area contributed by atoms with Crippen LogP contribution in [0.25, 0.3) is 108 Å². The second-order valence-corrected chi connectivity index (χ2v) is 28.7. The van der Waals surface area contributed by atoms with E-state index in [0.29, 0.717) is 11.5 Å². The van der Waals surface area contributed by atoms with Crippen molar-refractivity contribution >= 4 is 131 Å². The van der Waals surface area contributed by atoms with Gasteiger partial charge >= 0.3 is 0 Å². The number of imidazole rings is 1. The number of thiazole rings is 2. The van der Waals surface area contributed by atoms with Crippen LogP contribution in [0.2, 0.25) is 0 Å². The lowest BCUT2D eigenvalue weighted by Gasteiger charge is -1.97. The summed E-state index contributed by atoms with van der Waals surface area (Å²) in [6.07, 6.45) is 12.4. The number of fused-ring (bicyclic) bond motifs is 10. The molecular formula is C108H145N19O2S2. The van der Waals surface area contributed by atoms with E-state index in [0.717, 1.165) is 116 Å². The summed E-state index contributed by atoms with van der Waals surface area (Å²) in [5, 5.41) is 49.4. The fourth-order valence-electron chi connectivity index (χ4n) is 11.5. The first-order valence-corrected chi connectivity index (χ1v) is 47.4. The zero-order valence-corrected chi connectivity index (χ0v) is 86.6. The van der Waals surface area contributed by atoms with Gasteiger partial charge in [0.1, 0.15) is 16.9 Å². The lowest BCUT2D eigenvalue weighted by Crippen LogP contribution is -1.91. The largest absolute Gasteiger partial charge is 0.441 e. The summed E-state index contributed by atoms with van der Waals surface area (Å²) in [6, 6.07) is 60.6. The first kappa shape index (κ1) is 116. The highest BCUT2D eigenvalue weighted by Gasteiger charge is 2.07. The molecule has 7 aromatic carbocycles. The summed E-state index contributed by atoms with van der Waals surface area (Å²) >= 11 is 3.44. The molecule has 0 fully saturated rings. The molecule has 0 aliphatic heterocycles. The van der Waals surface area contributed by atoms with E-state index < -0.39 is 0 Å². The maximum atomic E-state index is 5.31. The van der Waals surface area contributed by atoms with E-state index in [9.17, 15) is 0 Å². The minimum absolute atomic E-state index is 0.665. The van der Waals surface area contributed by atoms with Crippen LogP contribution in [-0.2, 0) is 7.05 Å². The van der Waals surface area contributed by atoms with E-state index in [1.807, 2.05) is 367 Å². The Kier molecular flexibility index (Phi) is 58.6. The Labute approximate surface area is 788 Å². The molecular weight excluding hydrogens is 1660 g/mol. The molecule has 20 rings (SSSR count). The lowest BCUT2D eigenvalue weighted by molar-refractivity contribution is 0.560. The second-order valence-electron chi connectivity index (χ2n) is 26.2. The third-order valence-electron chi connectivity index (χ3n) is 17.2. The van der Waals surface area contributed by atoms with Crippen molar-refractivity contribution in [3.05, 3.63) is 309 Å². The van der Waals surface area contributed by atoms with Gasteiger partial charge in [0.2, 0.25) is 0 Å². The fourth-order valence-corrected chi connectivity index (χ4v) is 13.0. The number of nitrogens with zero attached hydrogens (tertiary/aromatic N) is 19. The first-order valence-electron chi connectivity index (χ1n) is 45.8. The molecule has 13 heterocycles. The number of aryl methyl sites for hydroxylation is 16. The molecule has 0 aliphatic carbocycles. The topological polar surface area (TPSA) is 263 Å². The van der Waals surface area contributed by atoms with Gasteiger partial charge in [0.25, 0.3) is 0 Å². The van der Waals surface area contributed by atoms with Crippen LogP contribution in [0, 0.1) is 104 Å². The Morgan fingerprint density at radius 2 is 0.748 bits per heavy atom. The standard InChI is InChI=1S/C9H11N3.5C9H8N2.C9H9NO.C9H9NS.C8H8N2O.C8H8N2S.10C2H6/c1-6-4-8-9(10-5-6)12(3)7(2)11-8;1-7-3-2-4-8-5-10-11-6-9(7)8;1-7-3-2-4-9-8(7)5-6-10-11-9;1-7-3-2-4-8-5-6-10-11-9(7)8;1-7-9-5-3-2-4-8(9)6-10-11-7;1-7-6-10-11-9-5-3-2-4-8(7)9;2*1-6-3-4-9-8(5-6)10-7(2)11-9;2*1-5-3-4-7-8(9-5)10-6(2)11-7;10*1-2/h4-5H,1-3H3;5*2-6H,1H3;2*3-5H,1-2H3;2*3-4H,1-2H3;10*1-2H3. The number of rotatable bonds is 0. The molecule has 13 aromatic heterocycles. The Morgan fingerprint density at radius 3 is 1.40 bits per heavy atom. The fraction of sp³-hybridized carbons (Fsp3) is 0.333. The van der Waals surface area contributed by atoms with Crippen LogP contribution in [0.1, 0.15) is 222 Å². The molecule has 131 heavy (non-hydrogen) atoms. The van der Waals surface area contributed by atoms with Crippen LogP contribution >= 0.6 is 22.7 Å². The monoisotopic (exact) mass is 1800 g/mol. The Bertz CT molecular complexity index is 5730. The number of hydrogen-bond acceptors (Lipinski definition) is 22. The molecule has 0 saturated carbocycles. The predicted octanol–water partition coefficient (Wildman–Crippen LogP) is 31.0. The normalized spacial score (nSPS) is 9.37. The van der Waals surface area contributed by atoms with Crippen LogP contribution in [0.4, 0.5) is 0 Å². The Morgan fingerprint density at radius 1 is 0.282 bits per heavy atom. The highest BCUT2D eigenvalue weighted by molar-refractivity contribution is 7.18. The number of pyridine rings is 3. The van der Waals surface area contributed by atoms with Crippen molar-refractivity contribution in [1.82, 2.24) is 95.4 Å². The molecule has 0 aliphatic rings. The molecule has 0 saturated heterocycles. The van der Waals surface area contributed by atoms with Gasteiger partial charge in [0, 0.05) is 76.2 Å². The van der Waals surface area contributed by atoms with Crippen LogP contribution in [0.15, 0.2) is 234 Å². The molecule has 23 heteroatoms. The third-order valence-corrected chi connectivity index (χ3v) is 19.1. The van der Waals surface area contributed by atoms with Crippen LogP contribution in [-0.4, -0.2) is 95.4 Å². The minimum atomic E-state index is 0.665. The molecule has 20 aromatic rings. The van der Waals surface area contributed by atoms with Gasteiger partial charge in [0.05, 0.1) is 84.4 Å². The molecule has 696 valence electrons. The highest BCUT2D eigenvalue weighted by atomic mass is 32.1. The van der Waals surface area contributed by atoms with Gasteiger partial charge in [-0.2, -0.15) is 56.0 Å². The number of aromatic nitrogens is 19. The van der Waals surface area contributed by atoms with Crippen molar-refractivity contribution in [2.75, 3.05) is 0 Å². The van der Waals surface area contributed by atoms with Gasteiger partial charge in [-0.3, -0.25) is 0 Å². The molecule has 21 nitrogen and oxygen atoms in total. The highest BCUT2D eigenvalue weighted by Crippen LogP contribution is 2.25. The van der Waals surface area contributed by atoms with Crippen molar-refractivity contribution in [1.29, 1.82) is 0 Å². The number of benzene rings is 7. The van der Waals surface area contributed by atoms with E-state index in [2.05, 4.69) is 166 Å². The Balaban J connectivity index is 0.000000712. The average molecular weight is 1810 g/mol. The van der Waals surface area contributed by atoms with Gasteiger partial charge in [-0.15, -0.1) is 22.7 Å². The third kappa shape index (κ3) is 38.2. The van der Waals surface area contributed by atoms with Crippen molar-refractivity contribution < 1.29 is 8.83 Å². The SMILES string of the molecule is CC.CC.CC.CC.CC.CC.CC.CC.CC.CC.Cc1ccc2oc(C)nc2c1.Cc1ccc2oc(C)nc2n1.Cc1ccc2sc(C)nc2c1.Cc1ccc2sc(C)nc2n1.Cc1cccc2ccnnc12.Cc1cccc2cnncc12.Cc1cccc2nnccc12.Cc1cnc2c(c1)nc(C)n2C.Cc1cnnc2ccccc12.Cc1nncc2ccccc12. The minimum Gasteiger partial charge on any atom is -0.441 e. The summed E-state index contributed by atoms with van der Waals surface area (Å²) in [5.74, 6) is 2.40. The molecule has 0 bridgehead atoms. The summed E-state index contributed by atoms with van der Waals surface area (Å²) in [4.78, 5) is 34.1. The molecule has 0 amide bonds. The number of hydrogen-bond donors (Lipinski definition) is 0. The molecule has 0 radical (unpaired) electrons. The van der Waals surface area contributed by atoms with Crippen molar-refractivity contribution in [2.24, 2.45) is 7.05 Å². The van der Waals surface area contributed by atoms with Crippen molar-refractivity contribution in [3.8, 4) is 0 Å². The van der Waals surface area contributed by atoms with E-state index in [1.54, 1.807) is 59.9 Å². The predicted molar refractivity (Wildman–Crippen MR) is 564 cm³/mol. The van der Waals surface area contributed by atoms with Gasteiger partial charge < -0.3 is 13.4 Å². The van der Waals surface area contributed by atoms with E-state index >= 15 is 0 Å². The first-order chi connectivity index (χ1) is 63.6. The quantitative estimate of drug-likeness (QED) is 0.137. The van der Waals surface area contributed by atoms with Crippen molar-refractivity contribution in [3.63, 3.8) is 0 Å². The maximum Gasteiger partial charge on any atom is 0.199 e. The zero-order valence-electron chi connectivity index (χ0n) is 85.0. The number of oxazole rings is 2. The molecule has 0 spiro atoms. The lowest BCUT2D eigenvalue weighted by atomic mass is 10.1. The average Bonchev–Trinajstić information content (AvgIpc) is 1.68. The summed E-state index contributed by atoms with van der Waals surface area (Å²) in [5.41, 5.74) is 21.6. The van der Waals surface area contributed by atoms with Gasteiger partial charge in [-0.05, 0) is 208 Å². The summed E-state index contributed by atoms with van der Waals surface area (Å²) < 4.78 is 15.0. The van der Waals surface area contributed by atoms with E-state index in [-0.39, 0.29) is 0 Å². The molecule has 0 atom stereocenters. The zero-order chi connectivity index (χ0) is 98.5. The maximum absolute atomic E-state index is 5.31. The second kappa shape index (κ2) is 66.3. The van der Waals surface area contributed by atoms with E-state index in [4.69, 9.17) is 8.83 Å². The van der Waals surface area contributed by atoms with Gasteiger partial charge in [0.15, 0.2) is 39.9 Å².